The van der Waals surface area contributed by atoms with Gasteiger partial charge in [0.2, 0.25) is 0 Å². The predicted molar refractivity (Wildman–Crippen MR) is 78.0 cm³/mol. The highest BCUT2D eigenvalue weighted by Gasteiger charge is 2.37. The maximum atomic E-state index is 6.23. The standard InChI is InChI=1S/C14H31NOSi/c1-13-8-7-9-15(12-13)10-11-16-17(5,6)14(2,3)4/h13H,7-12H2,1-6H3/t13-/m1/s1. The van der Waals surface area contributed by atoms with Crippen LogP contribution in [0.2, 0.25) is 18.1 Å². The lowest BCUT2D eigenvalue weighted by molar-refractivity contribution is 0.148. The quantitative estimate of drug-likeness (QED) is 0.711. The molecule has 1 rings (SSSR count). The van der Waals surface area contributed by atoms with Crippen LogP contribution in [-0.4, -0.2) is 39.5 Å². The molecule has 1 aliphatic heterocycles. The predicted octanol–water partition coefficient (Wildman–Crippen LogP) is 3.74. The lowest BCUT2D eigenvalue weighted by Crippen LogP contribution is -2.44. The van der Waals surface area contributed by atoms with E-state index in [-0.39, 0.29) is 0 Å². The van der Waals surface area contributed by atoms with Crippen LogP contribution in [0.4, 0.5) is 0 Å². The lowest BCUT2D eigenvalue weighted by atomic mass is 10.0. The van der Waals surface area contributed by atoms with Crippen molar-refractivity contribution in [2.45, 2.75) is 58.7 Å². The third-order valence-electron chi connectivity index (χ3n) is 4.42. The summed E-state index contributed by atoms with van der Waals surface area (Å²) >= 11 is 0. The third-order valence-corrected chi connectivity index (χ3v) is 8.96. The summed E-state index contributed by atoms with van der Waals surface area (Å²) < 4.78 is 6.23. The second-order valence-corrected chi connectivity index (χ2v) is 12.0. The molecule has 0 amide bonds. The second kappa shape index (κ2) is 5.85. The topological polar surface area (TPSA) is 12.5 Å². The Balaban J connectivity index is 2.28. The van der Waals surface area contributed by atoms with Crippen LogP contribution in [0.15, 0.2) is 0 Å². The molecule has 0 aliphatic carbocycles. The van der Waals surface area contributed by atoms with E-state index in [1.54, 1.807) is 0 Å². The van der Waals surface area contributed by atoms with Crippen molar-refractivity contribution in [3.05, 3.63) is 0 Å². The minimum absolute atomic E-state index is 0.336. The van der Waals surface area contributed by atoms with Crippen LogP contribution < -0.4 is 0 Å². The summed E-state index contributed by atoms with van der Waals surface area (Å²) in [5.41, 5.74) is 0. The number of rotatable bonds is 4. The molecule has 0 N–H and O–H groups in total. The van der Waals surface area contributed by atoms with Crippen molar-refractivity contribution < 1.29 is 4.43 Å². The van der Waals surface area contributed by atoms with Crippen LogP contribution in [0.5, 0.6) is 0 Å². The summed E-state index contributed by atoms with van der Waals surface area (Å²) in [6.45, 7) is 18.5. The molecule has 17 heavy (non-hydrogen) atoms. The molecule has 0 bridgehead atoms. The molecule has 1 fully saturated rings. The Morgan fingerprint density at radius 3 is 2.47 bits per heavy atom. The van der Waals surface area contributed by atoms with E-state index in [0.717, 1.165) is 19.1 Å². The first-order chi connectivity index (χ1) is 7.72. The molecule has 2 nitrogen and oxygen atoms in total. The van der Waals surface area contributed by atoms with Crippen molar-refractivity contribution in [2.24, 2.45) is 5.92 Å². The molecule has 0 radical (unpaired) electrons. The zero-order chi connectivity index (χ0) is 13.1. The fourth-order valence-electron chi connectivity index (χ4n) is 2.14. The lowest BCUT2D eigenvalue weighted by Gasteiger charge is -2.37. The van der Waals surface area contributed by atoms with Crippen molar-refractivity contribution in [3.8, 4) is 0 Å². The highest BCUT2D eigenvalue weighted by molar-refractivity contribution is 6.74. The van der Waals surface area contributed by atoms with E-state index in [1.165, 1.54) is 25.9 Å². The second-order valence-electron chi connectivity index (χ2n) is 7.16. The Bertz CT molecular complexity index is 235. The molecule has 0 saturated carbocycles. The van der Waals surface area contributed by atoms with E-state index in [2.05, 4.69) is 45.7 Å². The number of nitrogens with zero attached hydrogens (tertiary/aromatic N) is 1. The molecule has 0 unspecified atom stereocenters. The fraction of sp³-hybridized carbons (Fsp3) is 1.00. The molecule has 0 aromatic rings. The largest absolute Gasteiger partial charge is 0.416 e. The average Bonchev–Trinajstić information content (AvgIpc) is 2.15. The SMILES string of the molecule is C[C@@H]1CCCN(CCO[Si](C)(C)C(C)(C)C)C1. The molecule has 1 aliphatic rings. The third kappa shape index (κ3) is 4.72. The molecular formula is C14H31NOSi. The summed E-state index contributed by atoms with van der Waals surface area (Å²) in [7, 11) is -1.53. The van der Waals surface area contributed by atoms with Crippen LogP contribution in [0.3, 0.4) is 0 Å². The van der Waals surface area contributed by atoms with Crippen molar-refractivity contribution >= 4 is 8.32 Å². The van der Waals surface area contributed by atoms with Gasteiger partial charge in [-0.3, -0.25) is 0 Å². The first-order valence-electron chi connectivity index (χ1n) is 7.09. The summed E-state index contributed by atoms with van der Waals surface area (Å²) in [5.74, 6) is 0.872. The Labute approximate surface area is 109 Å². The van der Waals surface area contributed by atoms with Gasteiger partial charge in [0.15, 0.2) is 8.32 Å². The fourth-order valence-corrected chi connectivity index (χ4v) is 3.17. The number of piperidine rings is 1. The van der Waals surface area contributed by atoms with Crippen LogP contribution in [0.25, 0.3) is 0 Å². The zero-order valence-electron chi connectivity index (χ0n) is 12.7. The van der Waals surface area contributed by atoms with E-state index in [0.29, 0.717) is 5.04 Å². The van der Waals surface area contributed by atoms with Gasteiger partial charge in [-0.2, -0.15) is 0 Å². The van der Waals surface area contributed by atoms with Crippen molar-refractivity contribution in [1.82, 2.24) is 4.90 Å². The molecule has 1 heterocycles. The minimum atomic E-state index is -1.53. The Hall–Kier alpha value is 0.137. The molecule has 0 aromatic carbocycles. The van der Waals surface area contributed by atoms with E-state index >= 15 is 0 Å². The molecule has 1 saturated heterocycles. The average molecular weight is 257 g/mol. The van der Waals surface area contributed by atoms with Crippen molar-refractivity contribution in [3.63, 3.8) is 0 Å². The monoisotopic (exact) mass is 257 g/mol. The van der Waals surface area contributed by atoms with Gasteiger partial charge < -0.3 is 9.33 Å². The van der Waals surface area contributed by atoms with Crippen LogP contribution in [0, 0.1) is 5.92 Å². The highest BCUT2D eigenvalue weighted by atomic mass is 28.4. The van der Waals surface area contributed by atoms with Crippen molar-refractivity contribution in [2.75, 3.05) is 26.2 Å². The normalized spacial score (nSPS) is 24.0. The number of hydrogen-bond donors (Lipinski definition) is 0. The molecule has 0 aromatic heterocycles. The first-order valence-corrected chi connectivity index (χ1v) is 9.99. The van der Waals surface area contributed by atoms with Crippen LogP contribution in [-0.2, 0) is 4.43 Å². The molecule has 3 heteroatoms. The number of hydrogen-bond acceptors (Lipinski definition) is 2. The summed E-state index contributed by atoms with van der Waals surface area (Å²) in [4.78, 5) is 2.57. The summed E-state index contributed by atoms with van der Waals surface area (Å²) in [5, 5.41) is 0.336. The van der Waals surface area contributed by atoms with E-state index in [4.69, 9.17) is 4.43 Å². The zero-order valence-corrected chi connectivity index (χ0v) is 13.7. The van der Waals surface area contributed by atoms with E-state index < -0.39 is 8.32 Å². The maximum Gasteiger partial charge on any atom is 0.192 e. The van der Waals surface area contributed by atoms with Gasteiger partial charge in [0.25, 0.3) is 0 Å². The smallest absolute Gasteiger partial charge is 0.192 e. The van der Waals surface area contributed by atoms with Gasteiger partial charge in [0, 0.05) is 19.7 Å². The molecular weight excluding hydrogens is 226 g/mol. The van der Waals surface area contributed by atoms with Gasteiger partial charge in [0.05, 0.1) is 0 Å². The van der Waals surface area contributed by atoms with Crippen molar-refractivity contribution in [1.29, 1.82) is 0 Å². The van der Waals surface area contributed by atoms with Gasteiger partial charge in [0.1, 0.15) is 0 Å². The van der Waals surface area contributed by atoms with E-state index in [1.807, 2.05) is 0 Å². The minimum Gasteiger partial charge on any atom is -0.416 e. The van der Waals surface area contributed by atoms with Gasteiger partial charge in [-0.05, 0) is 43.4 Å². The Morgan fingerprint density at radius 1 is 1.29 bits per heavy atom. The Morgan fingerprint density at radius 2 is 1.94 bits per heavy atom. The summed E-state index contributed by atoms with van der Waals surface area (Å²) in [6, 6.07) is 0. The molecule has 102 valence electrons. The Kier molecular flexibility index (Phi) is 5.23. The van der Waals surface area contributed by atoms with E-state index in [9.17, 15) is 0 Å². The highest BCUT2D eigenvalue weighted by Crippen LogP contribution is 2.36. The van der Waals surface area contributed by atoms with Gasteiger partial charge in [-0.1, -0.05) is 27.7 Å². The first kappa shape index (κ1) is 15.2. The molecule has 1 atom stereocenters. The molecule has 0 spiro atoms. The van der Waals surface area contributed by atoms with Gasteiger partial charge >= 0.3 is 0 Å². The maximum absolute atomic E-state index is 6.23. The van der Waals surface area contributed by atoms with Gasteiger partial charge in [-0.25, -0.2) is 0 Å². The van der Waals surface area contributed by atoms with Gasteiger partial charge in [-0.15, -0.1) is 0 Å². The van der Waals surface area contributed by atoms with Crippen LogP contribution >= 0.6 is 0 Å². The number of likely N-dealkylation sites (tertiary alicyclic amines) is 1. The van der Waals surface area contributed by atoms with Crippen LogP contribution in [0.1, 0.15) is 40.5 Å². The summed E-state index contributed by atoms with van der Waals surface area (Å²) in [6.07, 6.45) is 2.76.